The zero-order chi connectivity index (χ0) is 14.2. The Morgan fingerprint density at radius 2 is 2.10 bits per heavy atom. The maximum absolute atomic E-state index is 11.3. The first-order valence-corrected chi connectivity index (χ1v) is 7.45. The highest BCUT2D eigenvalue weighted by Gasteiger charge is 2.39. The number of thiazole rings is 1. The van der Waals surface area contributed by atoms with E-state index in [1.54, 1.807) is 0 Å². The Balaban J connectivity index is 1.77. The molecule has 1 aliphatic heterocycles. The number of rotatable bonds is 3. The number of carbonyl (C=O) groups is 1. The monoisotopic (exact) mass is 288 g/mol. The number of nitrogens with zero attached hydrogens (tertiary/aromatic N) is 1. The van der Waals surface area contributed by atoms with E-state index in [2.05, 4.69) is 29.4 Å². The molecule has 1 fully saturated rings. The first-order valence-electron chi connectivity index (χ1n) is 6.57. The molecule has 1 unspecified atom stereocenters. The maximum Gasteiger partial charge on any atom is 0.306 e. The summed E-state index contributed by atoms with van der Waals surface area (Å²) in [6.45, 7) is 3.98. The number of hydrogen-bond donors (Lipinski definition) is 1. The summed E-state index contributed by atoms with van der Waals surface area (Å²) < 4.78 is 5.39. The van der Waals surface area contributed by atoms with Crippen molar-refractivity contribution in [3.05, 3.63) is 40.9 Å². The largest absolute Gasteiger partial charge is 0.453 e. The van der Waals surface area contributed by atoms with Crippen LogP contribution in [0.2, 0.25) is 0 Å². The van der Waals surface area contributed by atoms with Crippen LogP contribution in [0.15, 0.2) is 29.6 Å². The number of cyclic esters (lactones) is 1. The van der Waals surface area contributed by atoms with Gasteiger partial charge in [0.25, 0.3) is 0 Å². The van der Waals surface area contributed by atoms with Crippen LogP contribution >= 0.6 is 11.3 Å². The van der Waals surface area contributed by atoms with Crippen LogP contribution in [0.1, 0.15) is 31.0 Å². The van der Waals surface area contributed by atoms with E-state index in [0.717, 1.165) is 16.5 Å². The number of esters is 1. The summed E-state index contributed by atoms with van der Waals surface area (Å²) in [5.41, 5.74) is 2.48. The lowest BCUT2D eigenvalue weighted by molar-refractivity contribution is -0.148. The molecule has 3 rings (SSSR count). The molecule has 1 aromatic heterocycles. The molecule has 0 amide bonds. The quantitative estimate of drug-likeness (QED) is 0.874. The highest BCUT2D eigenvalue weighted by molar-refractivity contribution is 7.13. The minimum absolute atomic E-state index is 0.145. The molecule has 0 aliphatic carbocycles. The molecule has 104 valence electrons. The number of benzene rings is 1. The van der Waals surface area contributed by atoms with Crippen LogP contribution in [0.25, 0.3) is 0 Å². The van der Waals surface area contributed by atoms with Crippen molar-refractivity contribution in [1.82, 2.24) is 4.98 Å². The lowest BCUT2D eigenvalue weighted by Crippen LogP contribution is -2.21. The topological polar surface area (TPSA) is 51.2 Å². The van der Waals surface area contributed by atoms with Crippen LogP contribution in [0.3, 0.4) is 0 Å². The summed E-state index contributed by atoms with van der Waals surface area (Å²) in [7, 11) is 0. The number of nitrogens with one attached hydrogen (secondary N) is 1. The Morgan fingerprint density at radius 3 is 2.75 bits per heavy atom. The zero-order valence-corrected chi connectivity index (χ0v) is 12.3. The van der Waals surface area contributed by atoms with E-state index in [0.29, 0.717) is 12.8 Å². The molecular formula is C15H16N2O2S. The number of hydrogen-bond acceptors (Lipinski definition) is 5. The van der Waals surface area contributed by atoms with E-state index in [4.69, 9.17) is 4.74 Å². The molecule has 2 aromatic rings. The van der Waals surface area contributed by atoms with Crippen molar-refractivity contribution in [3.8, 4) is 0 Å². The van der Waals surface area contributed by atoms with Gasteiger partial charge in [-0.2, -0.15) is 0 Å². The van der Waals surface area contributed by atoms with Gasteiger partial charge >= 0.3 is 5.97 Å². The van der Waals surface area contributed by atoms with Crippen molar-refractivity contribution in [2.45, 2.75) is 32.3 Å². The van der Waals surface area contributed by atoms with Crippen LogP contribution in [0, 0.1) is 6.92 Å². The second-order valence-electron chi connectivity index (χ2n) is 5.23. The Labute approximate surface area is 121 Å². The van der Waals surface area contributed by atoms with E-state index in [-0.39, 0.29) is 5.97 Å². The summed E-state index contributed by atoms with van der Waals surface area (Å²) in [4.78, 5) is 15.8. The summed E-state index contributed by atoms with van der Waals surface area (Å²) >= 11 is 1.52. The molecule has 0 bridgehead atoms. The molecule has 2 heterocycles. The van der Waals surface area contributed by atoms with Crippen molar-refractivity contribution in [3.63, 3.8) is 0 Å². The fourth-order valence-electron chi connectivity index (χ4n) is 2.21. The second kappa shape index (κ2) is 4.90. The molecule has 1 aromatic carbocycles. The lowest BCUT2D eigenvalue weighted by Gasteiger charge is -2.19. The normalized spacial score (nSPS) is 21.8. The van der Waals surface area contributed by atoms with E-state index in [9.17, 15) is 4.79 Å². The van der Waals surface area contributed by atoms with E-state index in [1.807, 2.05) is 24.4 Å². The first-order chi connectivity index (χ1) is 9.55. The summed E-state index contributed by atoms with van der Waals surface area (Å²) in [6, 6.07) is 8.15. The third-order valence-corrected chi connectivity index (χ3v) is 4.25. The summed E-state index contributed by atoms with van der Waals surface area (Å²) in [5, 5.41) is 6.04. The molecular weight excluding hydrogens is 272 g/mol. The number of aromatic nitrogens is 1. The SMILES string of the molecule is Cc1ccc(Nc2nc(C3(C)CCC(=O)O3)cs2)cc1. The fourth-order valence-corrected chi connectivity index (χ4v) is 3.06. The number of ether oxygens (including phenoxy) is 1. The van der Waals surface area contributed by atoms with E-state index in [1.165, 1.54) is 16.9 Å². The van der Waals surface area contributed by atoms with Gasteiger partial charge in [-0.1, -0.05) is 17.7 Å². The smallest absolute Gasteiger partial charge is 0.306 e. The highest BCUT2D eigenvalue weighted by atomic mass is 32.1. The van der Waals surface area contributed by atoms with E-state index < -0.39 is 5.60 Å². The molecule has 5 heteroatoms. The standard InChI is InChI=1S/C15H16N2O2S/c1-10-3-5-11(6-4-10)16-14-17-12(9-20-14)15(2)8-7-13(18)19-15/h3-6,9H,7-8H2,1-2H3,(H,16,17). The molecule has 20 heavy (non-hydrogen) atoms. The van der Waals surface area contributed by atoms with Crippen LogP contribution in [0.5, 0.6) is 0 Å². The van der Waals surface area contributed by atoms with Crippen LogP contribution < -0.4 is 5.32 Å². The molecule has 1 aliphatic rings. The molecule has 1 atom stereocenters. The van der Waals surface area contributed by atoms with Crippen molar-refractivity contribution < 1.29 is 9.53 Å². The third-order valence-electron chi connectivity index (χ3n) is 3.49. The van der Waals surface area contributed by atoms with Crippen LogP contribution in [-0.2, 0) is 15.1 Å². The Morgan fingerprint density at radius 1 is 1.35 bits per heavy atom. The van der Waals surface area contributed by atoms with Gasteiger partial charge in [-0.3, -0.25) is 4.79 Å². The Kier molecular flexibility index (Phi) is 3.22. The van der Waals surface area contributed by atoms with Gasteiger partial charge < -0.3 is 10.1 Å². The number of carbonyl (C=O) groups excluding carboxylic acids is 1. The zero-order valence-electron chi connectivity index (χ0n) is 11.5. The molecule has 0 spiro atoms. The molecule has 1 saturated heterocycles. The predicted molar refractivity (Wildman–Crippen MR) is 79.3 cm³/mol. The fraction of sp³-hybridized carbons (Fsp3) is 0.333. The average Bonchev–Trinajstić information content (AvgIpc) is 3.01. The van der Waals surface area contributed by atoms with Gasteiger partial charge in [0.1, 0.15) is 0 Å². The third kappa shape index (κ3) is 2.54. The predicted octanol–water partition coefficient (Wildman–Crippen LogP) is 3.75. The maximum atomic E-state index is 11.3. The van der Waals surface area contributed by atoms with Crippen molar-refractivity contribution in [1.29, 1.82) is 0 Å². The van der Waals surface area contributed by atoms with Crippen LogP contribution in [-0.4, -0.2) is 11.0 Å². The van der Waals surface area contributed by atoms with E-state index >= 15 is 0 Å². The summed E-state index contributed by atoms with van der Waals surface area (Å²) in [6.07, 6.45) is 1.16. The number of anilines is 2. The Bertz CT molecular complexity index is 636. The molecule has 0 radical (unpaired) electrons. The van der Waals surface area contributed by atoms with Gasteiger partial charge in [0.2, 0.25) is 0 Å². The first kappa shape index (κ1) is 13.1. The van der Waals surface area contributed by atoms with Gasteiger partial charge in [-0.25, -0.2) is 4.98 Å². The minimum Gasteiger partial charge on any atom is -0.453 e. The van der Waals surface area contributed by atoms with Crippen molar-refractivity contribution in [2.75, 3.05) is 5.32 Å². The molecule has 1 N–H and O–H groups in total. The minimum atomic E-state index is -0.569. The molecule has 4 nitrogen and oxygen atoms in total. The highest BCUT2D eigenvalue weighted by Crippen LogP contribution is 2.37. The van der Waals surface area contributed by atoms with Gasteiger partial charge in [0.05, 0.1) is 5.69 Å². The Hall–Kier alpha value is -1.88. The average molecular weight is 288 g/mol. The van der Waals surface area contributed by atoms with Gasteiger partial charge in [-0.15, -0.1) is 11.3 Å². The lowest BCUT2D eigenvalue weighted by atomic mass is 10.00. The van der Waals surface area contributed by atoms with Crippen molar-refractivity contribution in [2.24, 2.45) is 0 Å². The van der Waals surface area contributed by atoms with Gasteiger partial charge in [-0.05, 0) is 26.0 Å². The van der Waals surface area contributed by atoms with Crippen molar-refractivity contribution >= 4 is 28.1 Å². The summed E-state index contributed by atoms with van der Waals surface area (Å²) in [5.74, 6) is -0.145. The van der Waals surface area contributed by atoms with Gasteiger partial charge in [0, 0.05) is 23.9 Å². The van der Waals surface area contributed by atoms with Gasteiger partial charge in [0.15, 0.2) is 10.7 Å². The number of aryl methyl sites for hydroxylation is 1. The molecule has 0 saturated carbocycles. The second-order valence-corrected chi connectivity index (χ2v) is 6.09. The van der Waals surface area contributed by atoms with Crippen LogP contribution in [0.4, 0.5) is 10.8 Å².